The topological polar surface area (TPSA) is 85.9 Å². The third kappa shape index (κ3) is 2.80. The summed E-state index contributed by atoms with van der Waals surface area (Å²) < 4.78 is 23.9. The molecule has 0 unspecified atom stereocenters. The molecule has 17 heavy (non-hydrogen) atoms. The maximum Gasteiger partial charge on any atom is 0.234 e. The minimum absolute atomic E-state index is 0.0319. The molecule has 2 N–H and O–H groups in total. The normalized spacial score (nSPS) is 11.6. The number of aryl methyl sites for hydroxylation is 1. The van der Waals surface area contributed by atoms with Crippen LogP contribution in [-0.2, 0) is 15.6 Å². The van der Waals surface area contributed by atoms with E-state index in [-0.39, 0.29) is 15.2 Å². The maximum atomic E-state index is 12.0. The van der Waals surface area contributed by atoms with Crippen molar-refractivity contribution in [3.05, 3.63) is 35.4 Å². The van der Waals surface area contributed by atoms with Crippen LogP contribution in [0.25, 0.3) is 0 Å². The van der Waals surface area contributed by atoms with Gasteiger partial charge in [-0.05, 0) is 12.5 Å². The SMILES string of the molecule is Cc1ccc(CS(=O)(=O)c2nnc(N)s2)cc1. The van der Waals surface area contributed by atoms with Crippen LogP contribution in [0.15, 0.2) is 28.6 Å². The molecule has 0 aliphatic carbocycles. The highest BCUT2D eigenvalue weighted by Gasteiger charge is 2.20. The van der Waals surface area contributed by atoms with Gasteiger partial charge in [-0.3, -0.25) is 0 Å². The summed E-state index contributed by atoms with van der Waals surface area (Å²) >= 11 is 0.885. The third-order valence-electron chi connectivity index (χ3n) is 2.17. The minimum Gasteiger partial charge on any atom is -0.374 e. The summed E-state index contributed by atoms with van der Waals surface area (Å²) in [5.41, 5.74) is 7.18. The first-order valence-corrected chi connectivity index (χ1v) is 7.31. The fourth-order valence-electron chi connectivity index (χ4n) is 1.31. The fourth-order valence-corrected chi connectivity index (χ4v) is 3.51. The molecule has 0 bridgehead atoms. The lowest BCUT2D eigenvalue weighted by atomic mass is 10.2. The first-order chi connectivity index (χ1) is 7.97. The molecule has 1 aromatic carbocycles. The molecular formula is C10H11N3O2S2. The van der Waals surface area contributed by atoms with Gasteiger partial charge in [-0.1, -0.05) is 41.2 Å². The van der Waals surface area contributed by atoms with Gasteiger partial charge in [0.15, 0.2) is 0 Å². The zero-order valence-corrected chi connectivity index (χ0v) is 10.8. The summed E-state index contributed by atoms with van der Waals surface area (Å²) in [5.74, 6) is -0.0814. The summed E-state index contributed by atoms with van der Waals surface area (Å²) in [6, 6.07) is 7.33. The molecule has 0 amide bonds. The predicted molar refractivity (Wildman–Crippen MR) is 66.4 cm³/mol. The second-order valence-electron chi connectivity index (χ2n) is 3.65. The molecule has 2 rings (SSSR count). The van der Waals surface area contributed by atoms with Crippen molar-refractivity contribution in [1.82, 2.24) is 10.2 Å². The van der Waals surface area contributed by atoms with Crippen molar-refractivity contribution in [3.8, 4) is 0 Å². The molecule has 0 aliphatic rings. The van der Waals surface area contributed by atoms with E-state index in [2.05, 4.69) is 10.2 Å². The second kappa shape index (κ2) is 4.42. The van der Waals surface area contributed by atoms with Crippen molar-refractivity contribution in [2.45, 2.75) is 17.0 Å². The number of hydrogen-bond acceptors (Lipinski definition) is 6. The summed E-state index contributed by atoms with van der Waals surface area (Å²) in [6.45, 7) is 1.95. The maximum absolute atomic E-state index is 12.0. The summed E-state index contributed by atoms with van der Waals surface area (Å²) in [4.78, 5) is 0. The summed E-state index contributed by atoms with van der Waals surface area (Å²) in [6.07, 6.45) is 0. The molecule has 0 saturated heterocycles. The quantitative estimate of drug-likeness (QED) is 0.910. The van der Waals surface area contributed by atoms with E-state index >= 15 is 0 Å². The number of nitrogen functional groups attached to an aromatic ring is 1. The lowest BCUT2D eigenvalue weighted by molar-refractivity contribution is 0.593. The number of nitrogens with zero attached hydrogens (tertiary/aromatic N) is 2. The Morgan fingerprint density at radius 2 is 1.88 bits per heavy atom. The van der Waals surface area contributed by atoms with Crippen molar-refractivity contribution in [2.24, 2.45) is 0 Å². The highest BCUT2D eigenvalue weighted by molar-refractivity contribution is 7.92. The van der Waals surface area contributed by atoms with Crippen LogP contribution in [-0.4, -0.2) is 18.6 Å². The van der Waals surface area contributed by atoms with Gasteiger partial charge in [0, 0.05) is 0 Å². The lowest BCUT2D eigenvalue weighted by Gasteiger charge is -2.01. The van der Waals surface area contributed by atoms with Crippen molar-refractivity contribution in [1.29, 1.82) is 0 Å². The highest BCUT2D eigenvalue weighted by atomic mass is 32.2. The van der Waals surface area contributed by atoms with Crippen LogP contribution in [0.2, 0.25) is 0 Å². The van der Waals surface area contributed by atoms with E-state index in [9.17, 15) is 8.42 Å². The fraction of sp³-hybridized carbons (Fsp3) is 0.200. The van der Waals surface area contributed by atoms with Gasteiger partial charge in [0.2, 0.25) is 19.3 Å². The molecule has 2 aromatic rings. The van der Waals surface area contributed by atoms with Gasteiger partial charge >= 0.3 is 0 Å². The molecule has 0 saturated carbocycles. The zero-order valence-electron chi connectivity index (χ0n) is 9.12. The van der Waals surface area contributed by atoms with E-state index in [1.165, 1.54) is 0 Å². The zero-order chi connectivity index (χ0) is 12.5. The molecule has 0 aliphatic heterocycles. The van der Waals surface area contributed by atoms with Crippen LogP contribution in [0, 0.1) is 6.92 Å². The molecular weight excluding hydrogens is 258 g/mol. The van der Waals surface area contributed by atoms with Gasteiger partial charge in [-0.15, -0.1) is 10.2 Å². The Bertz CT molecular complexity index is 617. The monoisotopic (exact) mass is 269 g/mol. The summed E-state index contributed by atoms with van der Waals surface area (Å²) in [7, 11) is -3.44. The first-order valence-electron chi connectivity index (χ1n) is 4.85. The van der Waals surface area contributed by atoms with Crippen molar-refractivity contribution >= 4 is 26.3 Å². The molecule has 0 atom stereocenters. The Morgan fingerprint density at radius 3 is 2.41 bits per heavy atom. The van der Waals surface area contributed by atoms with E-state index in [4.69, 9.17) is 5.73 Å². The number of benzene rings is 1. The first kappa shape index (κ1) is 12.0. The Balaban J connectivity index is 2.26. The summed E-state index contributed by atoms with van der Waals surface area (Å²) in [5, 5.41) is 7.22. The Hall–Kier alpha value is -1.47. The molecule has 0 fully saturated rings. The van der Waals surface area contributed by atoms with Gasteiger partial charge in [0.1, 0.15) is 0 Å². The smallest absolute Gasteiger partial charge is 0.234 e. The third-order valence-corrected chi connectivity index (χ3v) is 5.05. The average Bonchev–Trinajstić information content (AvgIpc) is 2.69. The molecule has 7 heteroatoms. The standard InChI is InChI=1S/C10H11N3O2S2/c1-7-2-4-8(5-3-7)6-17(14,15)10-13-12-9(11)16-10/h2-5H,6H2,1H3,(H2,11,12). The number of rotatable bonds is 3. The van der Waals surface area contributed by atoms with Crippen LogP contribution in [0.4, 0.5) is 5.13 Å². The van der Waals surface area contributed by atoms with Gasteiger partial charge in [-0.25, -0.2) is 8.42 Å². The Kier molecular flexibility index (Phi) is 3.12. The van der Waals surface area contributed by atoms with E-state index in [0.717, 1.165) is 22.5 Å². The van der Waals surface area contributed by atoms with Crippen molar-refractivity contribution < 1.29 is 8.42 Å². The van der Waals surface area contributed by atoms with Crippen LogP contribution in [0.3, 0.4) is 0 Å². The Morgan fingerprint density at radius 1 is 1.24 bits per heavy atom. The Labute approximate surface area is 103 Å². The molecule has 5 nitrogen and oxygen atoms in total. The van der Waals surface area contributed by atoms with Gasteiger partial charge in [0.25, 0.3) is 0 Å². The van der Waals surface area contributed by atoms with Gasteiger partial charge in [0.05, 0.1) is 5.75 Å². The van der Waals surface area contributed by atoms with E-state index < -0.39 is 9.84 Å². The number of nitrogens with two attached hydrogens (primary N) is 1. The molecule has 90 valence electrons. The number of sulfone groups is 1. The van der Waals surface area contributed by atoms with Crippen LogP contribution in [0.1, 0.15) is 11.1 Å². The molecule has 0 spiro atoms. The van der Waals surface area contributed by atoms with Crippen molar-refractivity contribution in [2.75, 3.05) is 5.73 Å². The molecule has 1 heterocycles. The van der Waals surface area contributed by atoms with E-state index in [1.54, 1.807) is 12.1 Å². The second-order valence-corrected chi connectivity index (χ2v) is 6.82. The minimum atomic E-state index is -3.44. The van der Waals surface area contributed by atoms with E-state index in [1.807, 2.05) is 19.1 Å². The molecule has 1 aromatic heterocycles. The molecule has 0 radical (unpaired) electrons. The number of anilines is 1. The number of aromatic nitrogens is 2. The lowest BCUT2D eigenvalue weighted by Crippen LogP contribution is -2.04. The highest BCUT2D eigenvalue weighted by Crippen LogP contribution is 2.21. The van der Waals surface area contributed by atoms with Gasteiger partial charge < -0.3 is 5.73 Å². The largest absolute Gasteiger partial charge is 0.374 e. The van der Waals surface area contributed by atoms with Gasteiger partial charge in [-0.2, -0.15) is 0 Å². The van der Waals surface area contributed by atoms with Crippen LogP contribution < -0.4 is 5.73 Å². The van der Waals surface area contributed by atoms with Crippen molar-refractivity contribution in [3.63, 3.8) is 0 Å². The predicted octanol–water partition coefficient (Wildman–Crippen LogP) is 1.40. The number of hydrogen-bond donors (Lipinski definition) is 1. The van der Waals surface area contributed by atoms with Crippen LogP contribution in [0.5, 0.6) is 0 Å². The average molecular weight is 269 g/mol. The van der Waals surface area contributed by atoms with E-state index in [0.29, 0.717) is 0 Å². The van der Waals surface area contributed by atoms with Crippen LogP contribution >= 0.6 is 11.3 Å².